The first-order valence-electron chi connectivity index (χ1n) is 3.11. The second-order valence-corrected chi connectivity index (χ2v) is 1.89. The Balaban J connectivity index is 2.28. The summed E-state index contributed by atoms with van der Waals surface area (Å²) >= 11 is 0. The van der Waals surface area contributed by atoms with Crippen LogP contribution in [0.5, 0.6) is 0 Å². The van der Waals surface area contributed by atoms with Gasteiger partial charge >= 0.3 is 0 Å². The first kappa shape index (κ1) is 6.51. The smallest absolute Gasteiger partial charge is 0.111 e. The SMILES string of the molecule is NCNC1=NCCNC1. The molecule has 0 fully saturated rings. The van der Waals surface area contributed by atoms with E-state index < -0.39 is 0 Å². The Kier molecular flexibility index (Phi) is 2.48. The lowest BCUT2D eigenvalue weighted by molar-refractivity contribution is 0.709. The molecule has 52 valence electrons. The maximum absolute atomic E-state index is 5.24. The molecule has 0 saturated heterocycles. The summed E-state index contributed by atoms with van der Waals surface area (Å²) in [7, 11) is 0. The van der Waals surface area contributed by atoms with E-state index in [1.807, 2.05) is 0 Å². The van der Waals surface area contributed by atoms with Gasteiger partial charge in [0.1, 0.15) is 5.84 Å². The summed E-state index contributed by atoms with van der Waals surface area (Å²) in [4.78, 5) is 4.18. The Morgan fingerprint density at radius 2 is 2.67 bits per heavy atom. The molecule has 0 aromatic rings. The highest BCUT2D eigenvalue weighted by Gasteiger charge is 2.00. The van der Waals surface area contributed by atoms with Crippen LogP contribution in [0.2, 0.25) is 0 Å². The van der Waals surface area contributed by atoms with Gasteiger partial charge in [-0.15, -0.1) is 0 Å². The van der Waals surface area contributed by atoms with E-state index in [9.17, 15) is 0 Å². The number of hydrogen-bond acceptors (Lipinski definition) is 4. The van der Waals surface area contributed by atoms with Crippen LogP contribution in [-0.2, 0) is 0 Å². The summed E-state index contributed by atoms with van der Waals surface area (Å²) in [6.45, 7) is 3.15. The number of aliphatic imine (C=N–C) groups is 1. The van der Waals surface area contributed by atoms with Crippen LogP contribution in [0.15, 0.2) is 4.99 Å². The molecular formula is C5H12N4. The summed E-state index contributed by atoms with van der Waals surface area (Å²) in [6.07, 6.45) is 0. The molecule has 0 aromatic carbocycles. The molecule has 0 radical (unpaired) electrons. The Labute approximate surface area is 54.5 Å². The van der Waals surface area contributed by atoms with Crippen LogP contribution in [0, 0.1) is 0 Å². The van der Waals surface area contributed by atoms with Gasteiger partial charge in [0.15, 0.2) is 0 Å². The van der Waals surface area contributed by atoms with Crippen LogP contribution in [0.1, 0.15) is 0 Å². The average molecular weight is 128 g/mol. The lowest BCUT2D eigenvalue weighted by Crippen LogP contribution is -2.41. The molecule has 0 unspecified atom stereocenters. The Morgan fingerprint density at radius 1 is 1.78 bits per heavy atom. The highest BCUT2D eigenvalue weighted by atomic mass is 15.1. The van der Waals surface area contributed by atoms with Crippen LogP contribution in [0.3, 0.4) is 0 Å². The van der Waals surface area contributed by atoms with E-state index in [0.717, 1.165) is 25.5 Å². The zero-order valence-corrected chi connectivity index (χ0v) is 5.35. The van der Waals surface area contributed by atoms with Crippen LogP contribution in [-0.4, -0.2) is 32.1 Å². The average Bonchev–Trinajstić information content (AvgIpc) is 1.91. The van der Waals surface area contributed by atoms with Crippen molar-refractivity contribution in [2.45, 2.75) is 0 Å². The predicted octanol–water partition coefficient (Wildman–Crippen LogP) is -1.51. The van der Waals surface area contributed by atoms with E-state index in [1.54, 1.807) is 0 Å². The molecule has 1 aliphatic heterocycles. The van der Waals surface area contributed by atoms with Gasteiger partial charge in [0.25, 0.3) is 0 Å². The van der Waals surface area contributed by atoms with Gasteiger partial charge in [-0.1, -0.05) is 0 Å². The third-order valence-corrected chi connectivity index (χ3v) is 1.19. The minimum Gasteiger partial charge on any atom is -0.360 e. The molecule has 0 aliphatic carbocycles. The summed E-state index contributed by atoms with van der Waals surface area (Å²) in [5, 5.41) is 6.12. The molecule has 1 heterocycles. The van der Waals surface area contributed by atoms with Gasteiger partial charge in [0.05, 0.1) is 19.8 Å². The minimum atomic E-state index is 0.473. The lowest BCUT2D eigenvalue weighted by Gasteiger charge is -2.13. The summed E-state index contributed by atoms with van der Waals surface area (Å²) in [5.74, 6) is 0.976. The monoisotopic (exact) mass is 128 g/mol. The topological polar surface area (TPSA) is 62.4 Å². The van der Waals surface area contributed by atoms with E-state index in [2.05, 4.69) is 15.6 Å². The molecule has 0 aromatic heterocycles. The first-order valence-corrected chi connectivity index (χ1v) is 3.11. The van der Waals surface area contributed by atoms with Crippen LogP contribution < -0.4 is 16.4 Å². The molecule has 4 N–H and O–H groups in total. The Hall–Kier alpha value is -0.610. The second kappa shape index (κ2) is 3.42. The van der Waals surface area contributed by atoms with Gasteiger partial charge in [-0.2, -0.15) is 0 Å². The van der Waals surface area contributed by atoms with Crippen molar-refractivity contribution in [2.24, 2.45) is 10.7 Å². The largest absolute Gasteiger partial charge is 0.360 e. The van der Waals surface area contributed by atoms with Gasteiger partial charge in [-0.3, -0.25) is 4.99 Å². The van der Waals surface area contributed by atoms with Crippen LogP contribution in [0.4, 0.5) is 0 Å². The summed E-state index contributed by atoms with van der Waals surface area (Å²) < 4.78 is 0. The normalized spacial score (nSPS) is 19.0. The second-order valence-electron chi connectivity index (χ2n) is 1.89. The van der Waals surface area contributed by atoms with Gasteiger partial charge in [-0.25, -0.2) is 0 Å². The number of amidine groups is 1. The van der Waals surface area contributed by atoms with E-state index in [1.165, 1.54) is 0 Å². The molecule has 0 amide bonds. The quantitative estimate of drug-likeness (QED) is 0.376. The van der Waals surface area contributed by atoms with Crippen molar-refractivity contribution in [3.63, 3.8) is 0 Å². The lowest BCUT2D eigenvalue weighted by atomic mass is 10.4. The zero-order valence-electron chi connectivity index (χ0n) is 5.35. The van der Waals surface area contributed by atoms with Gasteiger partial charge in [0, 0.05) is 6.54 Å². The molecule has 1 aliphatic rings. The van der Waals surface area contributed by atoms with Crippen molar-refractivity contribution < 1.29 is 0 Å². The van der Waals surface area contributed by atoms with Crippen molar-refractivity contribution in [1.82, 2.24) is 10.6 Å². The molecule has 4 nitrogen and oxygen atoms in total. The number of nitrogens with one attached hydrogen (secondary N) is 2. The van der Waals surface area contributed by atoms with Gasteiger partial charge < -0.3 is 16.4 Å². The summed E-state index contributed by atoms with van der Waals surface area (Å²) in [6, 6.07) is 0. The van der Waals surface area contributed by atoms with Crippen LogP contribution >= 0.6 is 0 Å². The van der Waals surface area contributed by atoms with Crippen molar-refractivity contribution in [2.75, 3.05) is 26.3 Å². The van der Waals surface area contributed by atoms with E-state index >= 15 is 0 Å². The standard InChI is InChI=1S/C5H12N4/c6-4-9-5-3-7-1-2-8-5/h7H,1-4,6H2,(H,8,9). The molecule has 0 saturated carbocycles. The highest BCUT2D eigenvalue weighted by molar-refractivity contribution is 5.84. The van der Waals surface area contributed by atoms with Gasteiger partial charge in [-0.05, 0) is 0 Å². The van der Waals surface area contributed by atoms with Crippen molar-refractivity contribution in [3.05, 3.63) is 0 Å². The fraction of sp³-hybridized carbons (Fsp3) is 0.800. The number of nitrogens with two attached hydrogens (primary N) is 1. The maximum Gasteiger partial charge on any atom is 0.111 e. The Bertz CT molecular complexity index is 110. The molecule has 9 heavy (non-hydrogen) atoms. The van der Waals surface area contributed by atoms with E-state index in [4.69, 9.17) is 5.73 Å². The number of nitrogens with zero attached hydrogens (tertiary/aromatic N) is 1. The van der Waals surface area contributed by atoms with E-state index in [-0.39, 0.29) is 0 Å². The molecule has 0 bridgehead atoms. The molecule has 1 rings (SSSR count). The van der Waals surface area contributed by atoms with Gasteiger partial charge in [0.2, 0.25) is 0 Å². The fourth-order valence-electron chi connectivity index (χ4n) is 0.769. The minimum absolute atomic E-state index is 0.473. The summed E-state index contributed by atoms with van der Waals surface area (Å²) in [5.41, 5.74) is 5.24. The first-order chi connectivity index (χ1) is 4.43. The van der Waals surface area contributed by atoms with Crippen molar-refractivity contribution in [1.29, 1.82) is 0 Å². The third kappa shape index (κ3) is 1.99. The number of hydrogen-bond donors (Lipinski definition) is 3. The molecule has 4 heteroatoms. The van der Waals surface area contributed by atoms with E-state index in [0.29, 0.717) is 6.67 Å². The molecule has 0 spiro atoms. The highest BCUT2D eigenvalue weighted by Crippen LogP contribution is 1.79. The third-order valence-electron chi connectivity index (χ3n) is 1.19. The molecular weight excluding hydrogens is 116 g/mol. The maximum atomic E-state index is 5.24. The Morgan fingerprint density at radius 3 is 3.22 bits per heavy atom. The number of rotatable bonds is 1. The molecule has 0 atom stereocenters. The van der Waals surface area contributed by atoms with Crippen LogP contribution in [0.25, 0.3) is 0 Å². The van der Waals surface area contributed by atoms with Crippen molar-refractivity contribution >= 4 is 5.84 Å². The zero-order chi connectivity index (χ0) is 6.53. The fourth-order valence-corrected chi connectivity index (χ4v) is 0.769. The van der Waals surface area contributed by atoms with Crippen molar-refractivity contribution in [3.8, 4) is 0 Å². The predicted molar refractivity (Wildman–Crippen MR) is 37.4 cm³/mol.